The van der Waals surface area contributed by atoms with E-state index in [1.54, 1.807) is 48.6 Å². The van der Waals surface area contributed by atoms with Crippen LogP contribution in [0.3, 0.4) is 0 Å². The first-order valence-electron chi connectivity index (χ1n) is 15.2. The minimum Gasteiger partial charge on any atom is -0.458 e. The average molecular weight is 602 g/mol. The topological polar surface area (TPSA) is 112 Å². The zero-order valence-corrected chi connectivity index (χ0v) is 27.0. The molecule has 240 valence electrons. The van der Waals surface area contributed by atoms with Crippen molar-refractivity contribution >= 4 is 28.6 Å². The number of hydrogen-bond donors (Lipinski definition) is 1. The zero-order chi connectivity index (χ0) is 32.0. The first kappa shape index (κ1) is 36.2. The molecule has 9 nitrogen and oxygen atoms in total. The van der Waals surface area contributed by atoms with Gasteiger partial charge < -0.3 is 29.0 Å². The molecule has 0 unspecified atom stereocenters. The summed E-state index contributed by atoms with van der Waals surface area (Å²) in [6, 6.07) is 14.8. The highest BCUT2D eigenvalue weighted by atomic mass is 16.6. The maximum absolute atomic E-state index is 13.6. The molecule has 1 N–H and O–H groups in total. The smallest absolute Gasteiger partial charge is 0.339 e. The molecule has 0 spiro atoms. The highest BCUT2D eigenvalue weighted by Crippen LogP contribution is 2.19. The lowest BCUT2D eigenvalue weighted by atomic mass is 10.0. The van der Waals surface area contributed by atoms with Crippen molar-refractivity contribution in [2.24, 2.45) is 0 Å². The third kappa shape index (κ3) is 13.9. The molecular weight excluding hydrogens is 550 g/mol. The van der Waals surface area contributed by atoms with Crippen LogP contribution in [0.5, 0.6) is 0 Å². The number of nitrogens with zero attached hydrogens (tertiary/aromatic N) is 1. The van der Waals surface area contributed by atoms with E-state index in [0.29, 0.717) is 19.4 Å². The van der Waals surface area contributed by atoms with Gasteiger partial charge in [-0.1, -0.05) is 48.9 Å². The van der Waals surface area contributed by atoms with Crippen molar-refractivity contribution in [2.75, 3.05) is 33.4 Å². The van der Waals surface area contributed by atoms with E-state index < -0.39 is 47.9 Å². The molecule has 2 aromatic carbocycles. The molecule has 2 rings (SSSR count). The summed E-state index contributed by atoms with van der Waals surface area (Å²) in [6.07, 6.45) is 1.73. The number of benzene rings is 2. The second-order valence-corrected chi connectivity index (χ2v) is 12.8. The van der Waals surface area contributed by atoms with Gasteiger partial charge in [-0.15, -0.1) is 0 Å². The summed E-state index contributed by atoms with van der Waals surface area (Å²) in [5.41, 5.74) is -0.319. The van der Waals surface area contributed by atoms with Crippen LogP contribution in [0.15, 0.2) is 42.5 Å². The average Bonchev–Trinajstić information content (AvgIpc) is 2.91. The van der Waals surface area contributed by atoms with E-state index >= 15 is 0 Å². The second-order valence-electron chi connectivity index (χ2n) is 12.8. The molecule has 0 fully saturated rings. The molecule has 1 amide bonds. The van der Waals surface area contributed by atoms with E-state index in [1.807, 2.05) is 12.1 Å². The number of amides is 1. The number of likely N-dealkylation sites (N-methyl/N-ethyl adjacent to an activating group) is 1. The molecule has 2 aromatic rings. The van der Waals surface area contributed by atoms with Crippen LogP contribution in [0.4, 0.5) is 0 Å². The zero-order valence-electron chi connectivity index (χ0n) is 27.0. The number of unbranched alkanes of at least 4 members (excludes halogenated alkanes) is 3. The number of hydrogen-bond acceptors (Lipinski definition) is 8. The van der Waals surface area contributed by atoms with Gasteiger partial charge in [0.1, 0.15) is 17.8 Å². The highest BCUT2D eigenvalue weighted by molar-refractivity contribution is 5.89. The van der Waals surface area contributed by atoms with Crippen molar-refractivity contribution in [2.45, 2.75) is 103 Å². The van der Waals surface area contributed by atoms with Crippen LogP contribution in [-0.4, -0.2) is 84.7 Å². The van der Waals surface area contributed by atoms with E-state index in [4.69, 9.17) is 18.9 Å². The number of esters is 2. The van der Waals surface area contributed by atoms with Gasteiger partial charge in [-0.2, -0.15) is 0 Å². The molecule has 0 bridgehead atoms. The molecule has 0 heterocycles. The van der Waals surface area contributed by atoms with Crippen molar-refractivity contribution in [1.29, 1.82) is 0 Å². The van der Waals surface area contributed by atoms with E-state index in [9.17, 15) is 19.5 Å². The quantitative estimate of drug-likeness (QED) is 0.194. The molecule has 0 saturated carbocycles. The molecular formula is C34H51NO8. The van der Waals surface area contributed by atoms with E-state index in [2.05, 4.69) is 30.3 Å². The fraction of sp³-hybridized carbons (Fsp3) is 0.618. The number of fused-ring (bicyclic) bond motifs is 1. The van der Waals surface area contributed by atoms with Gasteiger partial charge >= 0.3 is 11.9 Å². The number of carbonyl (C=O) groups is 3. The number of aliphatic hydroxyl groups is 1. The predicted molar refractivity (Wildman–Crippen MR) is 167 cm³/mol. The van der Waals surface area contributed by atoms with Gasteiger partial charge in [0.25, 0.3) is 5.91 Å². The molecule has 2 atom stereocenters. The van der Waals surface area contributed by atoms with E-state index in [-0.39, 0.29) is 13.2 Å². The van der Waals surface area contributed by atoms with Gasteiger partial charge in [-0.25, -0.2) is 9.59 Å². The molecule has 43 heavy (non-hydrogen) atoms. The third-order valence-electron chi connectivity index (χ3n) is 6.46. The van der Waals surface area contributed by atoms with Crippen LogP contribution in [0.1, 0.15) is 79.2 Å². The van der Waals surface area contributed by atoms with Gasteiger partial charge in [-0.3, -0.25) is 4.79 Å². The normalized spacial score (nSPS) is 13.4. The summed E-state index contributed by atoms with van der Waals surface area (Å²) in [7, 11) is 1.66. The molecule has 9 heteroatoms. The standard InChI is InChI=1S/C34H51NO8/c1-33(2,3)42-28(37)24-41-30(32(39)43-34(4,5)6)29(40-22-14-13-21-36)31(38)35(7)20-12-8-9-15-25-18-19-26-16-10-11-17-27(26)23-25/h10-11,16-19,23,29-30,36H,8-9,12-15,20-22,24H2,1-7H3/t29-,30-/m1/s1. The largest absolute Gasteiger partial charge is 0.458 e. The number of carbonyl (C=O) groups excluding carboxylic acids is 3. The van der Waals surface area contributed by atoms with E-state index in [0.717, 1.165) is 25.7 Å². The van der Waals surface area contributed by atoms with Crippen molar-refractivity contribution < 1.29 is 38.4 Å². The lowest BCUT2D eigenvalue weighted by Gasteiger charge is -2.31. The molecule has 0 aromatic heterocycles. The van der Waals surface area contributed by atoms with Crippen LogP contribution in [0.2, 0.25) is 0 Å². The number of aryl methyl sites for hydroxylation is 1. The van der Waals surface area contributed by atoms with Gasteiger partial charge in [0, 0.05) is 26.8 Å². The van der Waals surface area contributed by atoms with Crippen LogP contribution in [0.25, 0.3) is 10.8 Å². The molecule has 0 aliphatic heterocycles. The maximum Gasteiger partial charge on any atom is 0.339 e. The van der Waals surface area contributed by atoms with Gasteiger partial charge in [-0.05, 0) is 90.0 Å². The summed E-state index contributed by atoms with van der Waals surface area (Å²) < 4.78 is 22.5. The summed E-state index contributed by atoms with van der Waals surface area (Å²) >= 11 is 0. The Bertz CT molecular complexity index is 1170. The monoisotopic (exact) mass is 601 g/mol. The Morgan fingerprint density at radius 1 is 0.791 bits per heavy atom. The Kier molecular flexibility index (Phi) is 14.6. The lowest BCUT2D eigenvalue weighted by molar-refractivity contribution is -0.189. The van der Waals surface area contributed by atoms with Gasteiger partial charge in [0.05, 0.1) is 0 Å². The van der Waals surface area contributed by atoms with Crippen molar-refractivity contribution in [1.82, 2.24) is 4.90 Å². The molecule has 0 radical (unpaired) electrons. The van der Waals surface area contributed by atoms with Crippen molar-refractivity contribution in [3.8, 4) is 0 Å². The molecule has 0 aliphatic rings. The van der Waals surface area contributed by atoms with Crippen LogP contribution in [-0.2, 0) is 39.8 Å². The predicted octanol–water partition coefficient (Wildman–Crippen LogP) is 5.24. The van der Waals surface area contributed by atoms with Gasteiger partial charge in [0.15, 0.2) is 12.2 Å². The summed E-state index contributed by atoms with van der Waals surface area (Å²) in [5.74, 6) is -1.92. The van der Waals surface area contributed by atoms with Gasteiger partial charge in [0.2, 0.25) is 0 Å². The van der Waals surface area contributed by atoms with Crippen LogP contribution >= 0.6 is 0 Å². The van der Waals surface area contributed by atoms with Crippen LogP contribution < -0.4 is 0 Å². The fourth-order valence-corrected chi connectivity index (χ4v) is 4.46. The minimum atomic E-state index is -1.48. The third-order valence-corrected chi connectivity index (χ3v) is 6.46. The molecule has 0 saturated heterocycles. The summed E-state index contributed by atoms with van der Waals surface area (Å²) in [4.78, 5) is 40.8. The Morgan fingerprint density at radius 2 is 1.47 bits per heavy atom. The first-order valence-corrected chi connectivity index (χ1v) is 15.2. The second kappa shape index (κ2) is 17.3. The first-order chi connectivity index (χ1) is 20.2. The minimum absolute atomic E-state index is 0.0221. The highest BCUT2D eigenvalue weighted by Gasteiger charge is 2.40. The van der Waals surface area contributed by atoms with Crippen molar-refractivity contribution in [3.05, 3.63) is 48.0 Å². The number of rotatable bonds is 17. The summed E-state index contributed by atoms with van der Waals surface area (Å²) in [5, 5.41) is 11.6. The van der Waals surface area contributed by atoms with E-state index in [1.165, 1.54) is 21.2 Å². The maximum atomic E-state index is 13.6. The summed E-state index contributed by atoms with van der Waals surface area (Å²) in [6.45, 7) is 10.3. The Balaban J connectivity index is 2.06. The SMILES string of the molecule is CN(CCCCCc1ccc2ccccc2c1)C(=O)[C@H](OCCCCO)[C@@H](OCC(=O)OC(C)(C)C)C(=O)OC(C)(C)C. The Morgan fingerprint density at radius 3 is 2.12 bits per heavy atom. The number of ether oxygens (including phenoxy) is 4. The van der Waals surface area contributed by atoms with Crippen molar-refractivity contribution in [3.63, 3.8) is 0 Å². The number of aliphatic hydroxyl groups excluding tert-OH is 1. The Labute approximate surface area is 256 Å². The fourth-order valence-electron chi connectivity index (χ4n) is 4.46. The van der Waals surface area contributed by atoms with Crippen LogP contribution in [0, 0.1) is 0 Å². The molecule has 0 aliphatic carbocycles. The lowest BCUT2D eigenvalue weighted by Crippen LogP contribution is -2.51. The Hall–Kier alpha value is -3.01.